The minimum atomic E-state index is 0.274. The van der Waals surface area contributed by atoms with Crippen molar-refractivity contribution in [2.24, 2.45) is 0 Å². The van der Waals surface area contributed by atoms with Crippen LogP contribution >= 0.6 is 0 Å². The van der Waals surface area contributed by atoms with Crippen LogP contribution in [0.3, 0.4) is 0 Å². The highest BCUT2D eigenvalue weighted by atomic mass is 16.5. The maximum atomic E-state index is 10.9. The highest BCUT2D eigenvalue weighted by molar-refractivity contribution is 5.80. The lowest BCUT2D eigenvalue weighted by atomic mass is 10.1. The van der Waals surface area contributed by atoms with E-state index in [4.69, 9.17) is 8.94 Å². The number of furan rings is 1. The first kappa shape index (κ1) is 15.1. The largest absolute Gasteiger partial charge is 0.453 e. The molecular weight excluding hydrogens is 316 g/mol. The van der Waals surface area contributed by atoms with E-state index in [9.17, 15) is 4.79 Å². The van der Waals surface area contributed by atoms with E-state index in [0.717, 1.165) is 22.3 Å². The maximum absolute atomic E-state index is 10.9. The zero-order valence-electron chi connectivity index (χ0n) is 13.5. The van der Waals surface area contributed by atoms with Gasteiger partial charge in [-0.25, -0.2) is 0 Å². The third kappa shape index (κ3) is 2.87. The fraction of sp³-hybridized carbons (Fsp3) is 0.0500. The van der Waals surface area contributed by atoms with Gasteiger partial charge in [0.2, 0.25) is 5.82 Å². The summed E-state index contributed by atoms with van der Waals surface area (Å²) in [7, 11) is 0. The predicted octanol–water partition coefficient (Wildman–Crippen LogP) is 4.78. The summed E-state index contributed by atoms with van der Waals surface area (Å²) < 4.78 is 11.0. The van der Waals surface area contributed by atoms with E-state index in [-0.39, 0.29) is 5.76 Å². The SMILES string of the molecule is Cc1cccc(-c2noc(-c3ccccc3-c3ccc(C=O)o3)n2)c1. The summed E-state index contributed by atoms with van der Waals surface area (Å²) in [4.78, 5) is 15.4. The zero-order valence-corrected chi connectivity index (χ0v) is 13.5. The predicted molar refractivity (Wildman–Crippen MR) is 93.0 cm³/mol. The highest BCUT2D eigenvalue weighted by Gasteiger charge is 2.16. The molecule has 0 N–H and O–H groups in total. The molecule has 4 rings (SSSR count). The lowest BCUT2D eigenvalue weighted by Crippen LogP contribution is -1.85. The topological polar surface area (TPSA) is 69.1 Å². The number of aromatic nitrogens is 2. The van der Waals surface area contributed by atoms with Crippen LogP contribution in [0.1, 0.15) is 16.1 Å². The summed E-state index contributed by atoms with van der Waals surface area (Å²) in [5, 5.41) is 4.09. The number of aryl methyl sites for hydroxylation is 1. The van der Waals surface area contributed by atoms with E-state index in [1.54, 1.807) is 12.1 Å². The number of carbonyl (C=O) groups excluding carboxylic acids is 1. The van der Waals surface area contributed by atoms with E-state index < -0.39 is 0 Å². The Morgan fingerprint density at radius 1 is 0.960 bits per heavy atom. The molecule has 0 aliphatic carbocycles. The van der Waals surface area contributed by atoms with E-state index >= 15 is 0 Å². The first-order chi connectivity index (χ1) is 12.2. The summed E-state index contributed by atoms with van der Waals surface area (Å²) in [6.45, 7) is 2.02. The Labute approximate surface area is 143 Å². The molecular formula is C20H14N2O3. The smallest absolute Gasteiger partial charge is 0.258 e. The van der Waals surface area contributed by atoms with Gasteiger partial charge in [-0.1, -0.05) is 47.1 Å². The molecule has 0 aliphatic heterocycles. The Hall–Kier alpha value is -3.47. The average molecular weight is 330 g/mol. The van der Waals surface area contributed by atoms with Crippen molar-refractivity contribution in [2.75, 3.05) is 0 Å². The fourth-order valence-electron chi connectivity index (χ4n) is 2.68. The Balaban J connectivity index is 1.77. The van der Waals surface area contributed by atoms with Gasteiger partial charge in [-0.3, -0.25) is 4.79 Å². The third-order valence-electron chi connectivity index (χ3n) is 3.87. The first-order valence-electron chi connectivity index (χ1n) is 7.80. The molecule has 2 aromatic heterocycles. The van der Waals surface area contributed by atoms with Crippen LogP contribution in [0.15, 0.2) is 69.6 Å². The quantitative estimate of drug-likeness (QED) is 0.503. The Kier molecular flexibility index (Phi) is 3.74. The monoisotopic (exact) mass is 330 g/mol. The Morgan fingerprint density at radius 3 is 2.56 bits per heavy atom. The summed E-state index contributed by atoms with van der Waals surface area (Å²) >= 11 is 0. The fourth-order valence-corrected chi connectivity index (χ4v) is 2.68. The van der Waals surface area contributed by atoms with Gasteiger partial charge in [0.15, 0.2) is 12.0 Å². The molecule has 0 radical (unpaired) electrons. The van der Waals surface area contributed by atoms with Gasteiger partial charge in [0.25, 0.3) is 5.89 Å². The number of nitrogens with zero attached hydrogens (tertiary/aromatic N) is 2. The second kappa shape index (κ2) is 6.20. The van der Waals surface area contributed by atoms with Crippen LogP contribution in [-0.4, -0.2) is 16.4 Å². The number of aldehydes is 1. The first-order valence-corrected chi connectivity index (χ1v) is 7.80. The van der Waals surface area contributed by atoms with Crippen LogP contribution in [-0.2, 0) is 0 Å². The third-order valence-corrected chi connectivity index (χ3v) is 3.87. The normalized spacial score (nSPS) is 10.8. The van der Waals surface area contributed by atoms with Crippen LogP contribution < -0.4 is 0 Å². The molecule has 0 bridgehead atoms. The molecule has 2 heterocycles. The Bertz CT molecular complexity index is 1050. The van der Waals surface area contributed by atoms with Gasteiger partial charge in [-0.05, 0) is 31.2 Å². The van der Waals surface area contributed by atoms with Crippen molar-refractivity contribution >= 4 is 6.29 Å². The number of benzene rings is 2. The molecule has 4 aromatic rings. The number of rotatable bonds is 4. The van der Waals surface area contributed by atoms with Gasteiger partial charge in [0.05, 0.1) is 5.56 Å². The second-order valence-electron chi connectivity index (χ2n) is 5.66. The minimum Gasteiger partial charge on any atom is -0.453 e. The molecule has 5 nitrogen and oxygen atoms in total. The summed E-state index contributed by atoms with van der Waals surface area (Å²) in [5.41, 5.74) is 3.56. The highest BCUT2D eigenvalue weighted by Crippen LogP contribution is 2.33. The van der Waals surface area contributed by atoms with Crippen molar-refractivity contribution in [1.29, 1.82) is 0 Å². The van der Waals surface area contributed by atoms with Crippen LogP contribution in [0, 0.1) is 6.92 Å². The molecule has 122 valence electrons. The molecule has 2 aromatic carbocycles. The van der Waals surface area contributed by atoms with Gasteiger partial charge < -0.3 is 8.94 Å². The van der Waals surface area contributed by atoms with Crippen molar-refractivity contribution < 1.29 is 13.7 Å². The van der Waals surface area contributed by atoms with Gasteiger partial charge in [0.1, 0.15) is 5.76 Å². The van der Waals surface area contributed by atoms with Crippen molar-refractivity contribution in [3.63, 3.8) is 0 Å². The summed E-state index contributed by atoms with van der Waals surface area (Å²) in [5.74, 6) is 1.78. The molecule has 0 aliphatic rings. The average Bonchev–Trinajstić information content (AvgIpc) is 3.31. The molecule has 0 amide bonds. The number of hydrogen-bond donors (Lipinski definition) is 0. The van der Waals surface area contributed by atoms with Crippen LogP contribution in [0.5, 0.6) is 0 Å². The molecule has 0 saturated carbocycles. The van der Waals surface area contributed by atoms with Gasteiger partial charge in [0, 0.05) is 11.1 Å². The number of hydrogen-bond acceptors (Lipinski definition) is 5. The summed E-state index contributed by atoms with van der Waals surface area (Å²) in [6, 6.07) is 18.8. The second-order valence-corrected chi connectivity index (χ2v) is 5.66. The standard InChI is InChI=1S/C20H14N2O3/c1-13-5-4-6-14(11-13)19-21-20(25-22-19)17-8-3-2-7-16(17)18-10-9-15(12-23)24-18/h2-12H,1H3. The van der Waals surface area contributed by atoms with Crippen molar-refractivity contribution in [2.45, 2.75) is 6.92 Å². The van der Waals surface area contributed by atoms with Gasteiger partial charge in [-0.15, -0.1) is 0 Å². The lowest BCUT2D eigenvalue weighted by Gasteiger charge is -2.02. The van der Waals surface area contributed by atoms with Crippen LogP contribution in [0.25, 0.3) is 34.2 Å². The molecule has 0 fully saturated rings. The van der Waals surface area contributed by atoms with Crippen LogP contribution in [0.2, 0.25) is 0 Å². The van der Waals surface area contributed by atoms with Crippen molar-refractivity contribution in [3.05, 3.63) is 72.0 Å². The maximum Gasteiger partial charge on any atom is 0.258 e. The van der Waals surface area contributed by atoms with Gasteiger partial charge >= 0.3 is 0 Å². The van der Waals surface area contributed by atoms with Crippen molar-refractivity contribution in [1.82, 2.24) is 10.1 Å². The van der Waals surface area contributed by atoms with Crippen molar-refractivity contribution in [3.8, 4) is 34.2 Å². The lowest BCUT2D eigenvalue weighted by molar-refractivity contribution is 0.110. The van der Waals surface area contributed by atoms with E-state index in [2.05, 4.69) is 10.1 Å². The van der Waals surface area contributed by atoms with E-state index in [1.165, 1.54) is 0 Å². The van der Waals surface area contributed by atoms with E-state index in [1.807, 2.05) is 55.5 Å². The molecule has 0 unspecified atom stereocenters. The summed E-state index contributed by atoms with van der Waals surface area (Å²) in [6.07, 6.45) is 0.675. The van der Waals surface area contributed by atoms with Gasteiger partial charge in [-0.2, -0.15) is 4.98 Å². The Morgan fingerprint density at radius 2 is 1.80 bits per heavy atom. The zero-order chi connectivity index (χ0) is 17.2. The molecule has 0 atom stereocenters. The molecule has 0 saturated heterocycles. The molecule has 25 heavy (non-hydrogen) atoms. The van der Waals surface area contributed by atoms with E-state index in [0.29, 0.717) is 23.8 Å². The number of carbonyl (C=O) groups is 1. The molecule has 5 heteroatoms. The molecule has 0 spiro atoms. The van der Waals surface area contributed by atoms with Crippen LogP contribution in [0.4, 0.5) is 0 Å². The minimum absolute atomic E-state index is 0.274.